The van der Waals surface area contributed by atoms with E-state index < -0.39 is 15.8 Å². The molecule has 6 nitrogen and oxygen atoms in total. The molecule has 96 valence electrons. The summed E-state index contributed by atoms with van der Waals surface area (Å²) in [4.78, 5) is 15.6. The Hall–Kier alpha value is -1.41. The number of carbonyl (C=O) groups excluding carboxylic acids is 1. The van der Waals surface area contributed by atoms with E-state index >= 15 is 0 Å². The zero-order valence-electron chi connectivity index (χ0n) is 9.55. The molecular weight excluding hydrogens is 324 g/mol. The third-order valence-corrected chi connectivity index (χ3v) is 3.77. The largest absolute Gasteiger partial charge is 0.464 e. The van der Waals surface area contributed by atoms with Gasteiger partial charge in [-0.15, -0.1) is 0 Å². The number of sulfone groups is 1. The van der Waals surface area contributed by atoms with Gasteiger partial charge in [0, 0.05) is 16.9 Å². The molecule has 2 rings (SSSR count). The fourth-order valence-electron chi connectivity index (χ4n) is 1.54. The number of carbonyl (C=O) groups is 1. The summed E-state index contributed by atoms with van der Waals surface area (Å²) in [5, 5.41) is -0.285. The summed E-state index contributed by atoms with van der Waals surface area (Å²) >= 11 is 3.25. The first-order chi connectivity index (χ1) is 8.34. The van der Waals surface area contributed by atoms with Gasteiger partial charge in [-0.25, -0.2) is 18.2 Å². The van der Waals surface area contributed by atoms with Gasteiger partial charge >= 0.3 is 5.97 Å². The van der Waals surface area contributed by atoms with Crippen LogP contribution in [0.1, 0.15) is 10.5 Å². The van der Waals surface area contributed by atoms with Crippen molar-refractivity contribution in [3.63, 3.8) is 0 Å². The van der Waals surface area contributed by atoms with E-state index in [0.717, 1.165) is 10.7 Å². The SMILES string of the molecule is COC(=O)c1c(S(C)(=O)=O)nc2cc(Br)ccn12. The van der Waals surface area contributed by atoms with E-state index in [1.165, 1.54) is 11.5 Å². The third-order valence-electron chi connectivity index (χ3n) is 2.29. The lowest BCUT2D eigenvalue weighted by Gasteiger charge is -2.01. The normalized spacial score (nSPS) is 11.7. The smallest absolute Gasteiger partial charge is 0.358 e. The molecule has 2 heterocycles. The first-order valence-electron chi connectivity index (χ1n) is 4.80. The lowest BCUT2D eigenvalue weighted by molar-refractivity contribution is 0.0588. The van der Waals surface area contributed by atoms with Gasteiger partial charge in [-0.2, -0.15) is 0 Å². The number of rotatable bonds is 2. The van der Waals surface area contributed by atoms with Crippen molar-refractivity contribution in [2.24, 2.45) is 0 Å². The van der Waals surface area contributed by atoms with Crippen molar-refractivity contribution in [2.45, 2.75) is 5.03 Å². The van der Waals surface area contributed by atoms with Crippen LogP contribution in [-0.2, 0) is 14.6 Å². The first kappa shape index (κ1) is 13.0. The van der Waals surface area contributed by atoms with E-state index in [-0.39, 0.29) is 10.7 Å². The molecule has 0 fully saturated rings. The zero-order valence-corrected chi connectivity index (χ0v) is 11.9. The van der Waals surface area contributed by atoms with Gasteiger partial charge in [0.15, 0.2) is 20.6 Å². The molecule has 0 bridgehead atoms. The van der Waals surface area contributed by atoms with Gasteiger partial charge in [0.25, 0.3) is 0 Å². The Morgan fingerprint density at radius 2 is 2.17 bits per heavy atom. The first-order valence-corrected chi connectivity index (χ1v) is 7.49. The van der Waals surface area contributed by atoms with Crippen molar-refractivity contribution >= 4 is 37.4 Å². The second-order valence-electron chi connectivity index (χ2n) is 3.60. The maximum Gasteiger partial charge on any atom is 0.358 e. The Labute approximate surface area is 112 Å². The highest BCUT2D eigenvalue weighted by Crippen LogP contribution is 2.21. The summed E-state index contributed by atoms with van der Waals surface area (Å²) in [5.74, 6) is -0.745. The molecule has 0 aliphatic rings. The van der Waals surface area contributed by atoms with Crippen LogP contribution in [0.4, 0.5) is 0 Å². The summed E-state index contributed by atoms with van der Waals surface area (Å²) < 4.78 is 30.0. The molecule has 0 N–H and O–H groups in total. The van der Waals surface area contributed by atoms with Crippen molar-refractivity contribution in [3.05, 3.63) is 28.5 Å². The number of hydrogen-bond donors (Lipinski definition) is 0. The molecule has 0 radical (unpaired) electrons. The minimum atomic E-state index is -3.61. The Morgan fingerprint density at radius 1 is 1.50 bits per heavy atom. The van der Waals surface area contributed by atoms with Crippen molar-refractivity contribution < 1.29 is 17.9 Å². The number of aromatic nitrogens is 2. The lowest BCUT2D eigenvalue weighted by atomic mass is 10.4. The molecule has 0 aliphatic carbocycles. The van der Waals surface area contributed by atoms with Gasteiger partial charge in [-0.3, -0.25) is 4.40 Å². The number of methoxy groups -OCH3 is 1. The van der Waals surface area contributed by atoms with E-state index in [2.05, 4.69) is 25.7 Å². The maximum atomic E-state index is 11.7. The topological polar surface area (TPSA) is 77.7 Å². The van der Waals surface area contributed by atoms with E-state index in [1.807, 2.05) is 0 Å². The summed E-state index contributed by atoms with van der Waals surface area (Å²) in [6, 6.07) is 3.29. The lowest BCUT2D eigenvalue weighted by Crippen LogP contribution is -2.11. The molecule has 0 saturated heterocycles. The number of imidazole rings is 1. The van der Waals surface area contributed by atoms with Crippen LogP contribution in [0.3, 0.4) is 0 Å². The number of esters is 1. The summed E-state index contributed by atoms with van der Waals surface area (Å²) in [7, 11) is -2.42. The summed E-state index contributed by atoms with van der Waals surface area (Å²) in [6.45, 7) is 0. The van der Waals surface area contributed by atoms with Gasteiger partial charge in [0.05, 0.1) is 7.11 Å². The molecule has 0 aliphatic heterocycles. The quantitative estimate of drug-likeness (QED) is 0.774. The van der Waals surface area contributed by atoms with Crippen LogP contribution >= 0.6 is 15.9 Å². The van der Waals surface area contributed by atoms with Crippen LogP contribution in [-0.4, -0.2) is 37.1 Å². The van der Waals surface area contributed by atoms with E-state index in [4.69, 9.17) is 0 Å². The molecule has 0 saturated carbocycles. The van der Waals surface area contributed by atoms with Crippen molar-refractivity contribution in [1.29, 1.82) is 0 Å². The Morgan fingerprint density at radius 3 is 2.72 bits per heavy atom. The highest BCUT2D eigenvalue weighted by Gasteiger charge is 2.26. The molecule has 8 heteroatoms. The van der Waals surface area contributed by atoms with E-state index in [1.54, 1.807) is 18.3 Å². The minimum absolute atomic E-state index is 0.0949. The molecular formula is C10H9BrN2O4S. The monoisotopic (exact) mass is 332 g/mol. The molecule has 2 aromatic heterocycles. The summed E-state index contributed by atoms with van der Waals surface area (Å²) in [5.41, 5.74) is 0.257. The fourth-order valence-corrected chi connectivity index (χ4v) is 2.65. The number of nitrogens with zero attached hydrogens (tertiary/aromatic N) is 2. The van der Waals surface area contributed by atoms with Gasteiger partial charge in [0.1, 0.15) is 5.65 Å². The fraction of sp³-hybridized carbons (Fsp3) is 0.200. The molecule has 0 aromatic carbocycles. The van der Waals surface area contributed by atoms with Gasteiger partial charge in [0.2, 0.25) is 0 Å². The maximum absolute atomic E-state index is 11.7. The Kier molecular flexibility index (Phi) is 3.16. The van der Waals surface area contributed by atoms with Crippen LogP contribution in [0.2, 0.25) is 0 Å². The Balaban J connectivity index is 2.89. The molecule has 0 unspecified atom stereocenters. The number of ether oxygens (including phenoxy) is 1. The summed E-state index contributed by atoms with van der Waals surface area (Å²) in [6.07, 6.45) is 2.55. The van der Waals surface area contributed by atoms with Crippen LogP contribution < -0.4 is 0 Å². The molecule has 18 heavy (non-hydrogen) atoms. The van der Waals surface area contributed by atoms with E-state index in [9.17, 15) is 13.2 Å². The highest BCUT2D eigenvalue weighted by molar-refractivity contribution is 9.10. The number of halogens is 1. The molecule has 0 amide bonds. The van der Waals surface area contributed by atoms with Gasteiger partial charge in [-0.05, 0) is 12.1 Å². The van der Waals surface area contributed by atoms with E-state index in [0.29, 0.717) is 5.65 Å². The molecule has 2 aromatic rings. The highest BCUT2D eigenvalue weighted by atomic mass is 79.9. The predicted octanol–water partition coefficient (Wildman–Crippen LogP) is 1.29. The molecule has 0 spiro atoms. The number of hydrogen-bond acceptors (Lipinski definition) is 5. The van der Waals surface area contributed by atoms with Crippen molar-refractivity contribution in [1.82, 2.24) is 9.38 Å². The second kappa shape index (κ2) is 4.36. The van der Waals surface area contributed by atoms with Crippen LogP contribution in [0.5, 0.6) is 0 Å². The van der Waals surface area contributed by atoms with Crippen LogP contribution in [0.25, 0.3) is 5.65 Å². The molecule has 0 atom stereocenters. The standard InChI is InChI=1S/C10H9BrN2O4S/c1-17-10(14)8-9(18(2,15)16)12-7-5-6(11)3-4-13(7)8/h3-5H,1-2H3. The van der Waals surface area contributed by atoms with Crippen LogP contribution in [0.15, 0.2) is 27.8 Å². The van der Waals surface area contributed by atoms with Crippen molar-refractivity contribution in [3.8, 4) is 0 Å². The average molecular weight is 333 g/mol. The van der Waals surface area contributed by atoms with Gasteiger partial charge < -0.3 is 4.74 Å². The average Bonchev–Trinajstić information content (AvgIpc) is 2.66. The second-order valence-corrected chi connectivity index (χ2v) is 6.45. The Bertz CT molecular complexity index is 736. The minimum Gasteiger partial charge on any atom is -0.464 e. The van der Waals surface area contributed by atoms with Crippen LogP contribution in [0, 0.1) is 0 Å². The zero-order chi connectivity index (χ0) is 13.5. The number of fused-ring (bicyclic) bond motifs is 1. The van der Waals surface area contributed by atoms with Gasteiger partial charge in [-0.1, -0.05) is 15.9 Å². The van der Waals surface area contributed by atoms with Crippen molar-refractivity contribution in [2.75, 3.05) is 13.4 Å². The predicted molar refractivity (Wildman–Crippen MR) is 67.3 cm³/mol. The third kappa shape index (κ3) is 2.13. The number of pyridine rings is 1.